The molecule has 0 saturated carbocycles. The summed E-state index contributed by atoms with van der Waals surface area (Å²) in [4.78, 5) is 10.6. The highest BCUT2D eigenvalue weighted by atomic mass is 35.5. The Labute approximate surface area is 88.9 Å². The van der Waals surface area contributed by atoms with E-state index in [1.807, 2.05) is 11.4 Å². The average molecular weight is 231 g/mol. The van der Waals surface area contributed by atoms with Crippen molar-refractivity contribution >= 4 is 50.9 Å². The lowest BCUT2D eigenvalue weighted by molar-refractivity contribution is 0.112. The van der Waals surface area contributed by atoms with E-state index in [0.29, 0.717) is 21.9 Å². The van der Waals surface area contributed by atoms with Gasteiger partial charge < -0.3 is 0 Å². The highest BCUT2D eigenvalue weighted by Gasteiger charge is 2.10. The smallest absolute Gasteiger partial charge is 0.153 e. The van der Waals surface area contributed by atoms with Crippen LogP contribution in [0, 0.1) is 0 Å². The van der Waals surface area contributed by atoms with Crippen molar-refractivity contribution in [2.24, 2.45) is 0 Å². The van der Waals surface area contributed by atoms with Crippen LogP contribution < -0.4 is 0 Å². The first kappa shape index (κ1) is 9.00. The van der Waals surface area contributed by atoms with Gasteiger partial charge in [0, 0.05) is 10.1 Å². The highest BCUT2D eigenvalue weighted by Crippen LogP contribution is 2.34. The highest BCUT2D eigenvalue weighted by molar-refractivity contribution is 7.17. The monoisotopic (exact) mass is 230 g/mol. The van der Waals surface area contributed by atoms with Gasteiger partial charge >= 0.3 is 0 Å². The van der Waals surface area contributed by atoms with Crippen molar-refractivity contribution in [1.82, 2.24) is 0 Å². The number of aldehydes is 1. The van der Waals surface area contributed by atoms with Crippen molar-refractivity contribution in [3.05, 3.63) is 33.1 Å². The number of carbonyl (C=O) groups excluding carboxylic acids is 1. The molecule has 2 rings (SSSR count). The number of halogens is 2. The minimum absolute atomic E-state index is 0.370. The number of thiophene rings is 1. The van der Waals surface area contributed by atoms with Crippen molar-refractivity contribution in [3.63, 3.8) is 0 Å². The van der Waals surface area contributed by atoms with Gasteiger partial charge in [0.05, 0.1) is 15.6 Å². The Bertz CT molecular complexity index is 476. The second-order valence-electron chi connectivity index (χ2n) is 2.54. The SMILES string of the molecule is O=Cc1c(Cl)cc2sccc2c1Cl. The van der Waals surface area contributed by atoms with Crippen LogP contribution in [0.25, 0.3) is 10.1 Å². The molecule has 0 N–H and O–H groups in total. The van der Waals surface area contributed by atoms with Crippen LogP contribution in [0.15, 0.2) is 17.5 Å². The molecule has 0 atom stereocenters. The summed E-state index contributed by atoms with van der Waals surface area (Å²) >= 11 is 13.4. The van der Waals surface area contributed by atoms with Crippen molar-refractivity contribution in [2.45, 2.75) is 0 Å². The first-order valence-corrected chi connectivity index (χ1v) is 5.18. The molecular formula is C9H4Cl2OS. The van der Waals surface area contributed by atoms with Crippen LogP contribution in [-0.4, -0.2) is 6.29 Å². The molecule has 0 unspecified atom stereocenters. The van der Waals surface area contributed by atoms with E-state index >= 15 is 0 Å². The molecule has 1 heterocycles. The van der Waals surface area contributed by atoms with Crippen molar-refractivity contribution in [2.75, 3.05) is 0 Å². The van der Waals surface area contributed by atoms with Crippen LogP contribution in [-0.2, 0) is 0 Å². The zero-order valence-electron chi connectivity index (χ0n) is 6.38. The molecule has 0 bridgehead atoms. The van der Waals surface area contributed by atoms with E-state index in [1.165, 1.54) is 0 Å². The number of benzene rings is 1. The van der Waals surface area contributed by atoms with E-state index in [4.69, 9.17) is 23.2 Å². The molecule has 1 nitrogen and oxygen atoms in total. The third kappa shape index (κ3) is 1.35. The molecule has 0 radical (unpaired) electrons. The maximum atomic E-state index is 10.6. The Balaban J connectivity index is 2.92. The summed E-state index contributed by atoms with van der Waals surface area (Å²) < 4.78 is 1.00. The topological polar surface area (TPSA) is 17.1 Å². The van der Waals surface area contributed by atoms with Gasteiger partial charge in [-0.25, -0.2) is 0 Å². The molecule has 13 heavy (non-hydrogen) atoms. The standard InChI is InChI=1S/C9H4Cl2OS/c10-7-3-8-5(1-2-13-8)9(11)6(7)4-12/h1-4H. The van der Waals surface area contributed by atoms with Gasteiger partial charge in [-0.15, -0.1) is 11.3 Å². The van der Waals surface area contributed by atoms with Crippen LogP contribution >= 0.6 is 34.5 Å². The molecule has 0 amide bonds. The molecule has 0 fully saturated rings. The molecule has 2 aromatic rings. The van der Waals surface area contributed by atoms with Crippen molar-refractivity contribution in [1.29, 1.82) is 0 Å². The summed E-state index contributed by atoms with van der Waals surface area (Å²) in [5.41, 5.74) is 0.370. The number of rotatable bonds is 1. The van der Waals surface area contributed by atoms with Gasteiger partial charge in [-0.05, 0) is 17.5 Å². The molecule has 0 aliphatic rings. The fourth-order valence-corrected chi connectivity index (χ4v) is 2.73. The average Bonchev–Trinajstić information content (AvgIpc) is 2.53. The Morgan fingerprint density at radius 3 is 2.85 bits per heavy atom. The largest absolute Gasteiger partial charge is 0.298 e. The molecule has 1 aromatic carbocycles. The van der Waals surface area contributed by atoms with Crippen LogP contribution in [0.2, 0.25) is 10.0 Å². The third-order valence-electron chi connectivity index (χ3n) is 1.80. The fourth-order valence-electron chi connectivity index (χ4n) is 1.16. The Hall–Kier alpha value is -0.570. The molecule has 4 heteroatoms. The lowest BCUT2D eigenvalue weighted by Gasteiger charge is -2.00. The van der Waals surface area contributed by atoms with Crippen LogP contribution in [0.1, 0.15) is 10.4 Å². The molecule has 1 aromatic heterocycles. The lowest BCUT2D eigenvalue weighted by Crippen LogP contribution is -1.83. The minimum Gasteiger partial charge on any atom is -0.298 e. The van der Waals surface area contributed by atoms with Gasteiger partial charge in [0.1, 0.15) is 0 Å². The molecule has 0 saturated heterocycles. The minimum atomic E-state index is 0.370. The summed E-state index contributed by atoms with van der Waals surface area (Å²) in [6.07, 6.45) is 0.682. The van der Waals surface area contributed by atoms with E-state index in [1.54, 1.807) is 17.4 Å². The number of fused-ring (bicyclic) bond motifs is 1. The Kier molecular flexibility index (Phi) is 2.28. The van der Waals surface area contributed by atoms with Crippen LogP contribution in [0.3, 0.4) is 0 Å². The first-order chi connectivity index (χ1) is 6.24. The normalized spacial score (nSPS) is 10.6. The van der Waals surface area contributed by atoms with Crippen LogP contribution in [0.4, 0.5) is 0 Å². The number of hydrogen-bond acceptors (Lipinski definition) is 2. The fraction of sp³-hybridized carbons (Fsp3) is 0. The summed E-state index contributed by atoms with van der Waals surface area (Å²) in [5.74, 6) is 0. The van der Waals surface area contributed by atoms with Crippen molar-refractivity contribution in [3.8, 4) is 0 Å². The molecule has 0 spiro atoms. The quantitative estimate of drug-likeness (QED) is 0.677. The predicted molar refractivity (Wildman–Crippen MR) is 57.2 cm³/mol. The van der Waals surface area contributed by atoms with Gasteiger partial charge in [-0.3, -0.25) is 4.79 Å². The van der Waals surface area contributed by atoms with Gasteiger partial charge in [-0.2, -0.15) is 0 Å². The van der Waals surface area contributed by atoms with E-state index < -0.39 is 0 Å². The van der Waals surface area contributed by atoms with E-state index in [0.717, 1.165) is 10.1 Å². The lowest BCUT2D eigenvalue weighted by atomic mass is 10.2. The molecular weight excluding hydrogens is 227 g/mol. The molecule has 66 valence electrons. The van der Waals surface area contributed by atoms with Crippen LogP contribution in [0.5, 0.6) is 0 Å². The second-order valence-corrected chi connectivity index (χ2v) is 4.27. The van der Waals surface area contributed by atoms with E-state index in [-0.39, 0.29) is 0 Å². The molecule has 0 aliphatic heterocycles. The van der Waals surface area contributed by atoms with Crippen molar-refractivity contribution < 1.29 is 4.79 Å². The van der Waals surface area contributed by atoms with Gasteiger partial charge in [0.15, 0.2) is 6.29 Å². The zero-order valence-corrected chi connectivity index (χ0v) is 8.71. The Morgan fingerprint density at radius 1 is 1.38 bits per heavy atom. The molecule has 0 aliphatic carbocycles. The summed E-state index contributed by atoms with van der Waals surface area (Å²) in [6, 6.07) is 3.64. The maximum absolute atomic E-state index is 10.6. The Morgan fingerprint density at radius 2 is 2.15 bits per heavy atom. The number of hydrogen-bond donors (Lipinski definition) is 0. The second kappa shape index (κ2) is 3.29. The van der Waals surface area contributed by atoms with E-state index in [9.17, 15) is 4.79 Å². The third-order valence-corrected chi connectivity index (χ3v) is 3.38. The van der Waals surface area contributed by atoms with Gasteiger partial charge in [0.25, 0.3) is 0 Å². The zero-order chi connectivity index (χ0) is 9.42. The maximum Gasteiger partial charge on any atom is 0.153 e. The summed E-state index contributed by atoms with van der Waals surface area (Å²) in [6.45, 7) is 0. The first-order valence-electron chi connectivity index (χ1n) is 3.54. The summed E-state index contributed by atoms with van der Waals surface area (Å²) in [5, 5.41) is 3.66. The predicted octanol–water partition coefficient (Wildman–Crippen LogP) is 4.02. The summed E-state index contributed by atoms with van der Waals surface area (Å²) in [7, 11) is 0. The number of carbonyl (C=O) groups is 1. The van der Waals surface area contributed by atoms with Gasteiger partial charge in [0.2, 0.25) is 0 Å². The van der Waals surface area contributed by atoms with Gasteiger partial charge in [-0.1, -0.05) is 23.2 Å². The van der Waals surface area contributed by atoms with E-state index in [2.05, 4.69) is 0 Å².